The quantitative estimate of drug-likeness (QED) is 0.408. The van der Waals surface area contributed by atoms with E-state index in [9.17, 15) is 9.59 Å². The summed E-state index contributed by atoms with van der Waals surface area (Å²) in [4.78, 5) is 23.7. The number of carbonyl (C=O) groups is 1. The van der Waals surface area contributed by atoms with Crippen LogP contribution < -0.4 is 11.5 Å². The monoisotopic (exact) mass is 365 g/mol. The number of hydrogen-bond acceptors (Lipinski definition) is 6. The van der Waals surface area contributed by atoms with Gasteiger partial charge in [0.15, 0.2) is 0 Å². The molecule has 0 radical (unpaired) electrons. The Hall–Kier alpha value is -0.963. The van der Waals surface area contributed by atoms with Gasteiger partial charge in [-0.15, -0.1) is 17.5 Å². The van der Waals surface area contributed by atoms with Crippen LogP contribution in [0.4, 0.5) is 0 Å². The Labute approximate surface area is 144 Å². The van der Waals surface area contributed by atoms with Gasteiger partial charge in [-0.3, -0.25) is 4.79 Å². The molecule has 0 amide bonds. The fourth-order valence-electron chi connectivity index (χ4n) is 1.79. The van der Waals surface area contributed by atoms with Gasteiger partial charge in [0.2, 0.25) is 5.78 Å². The molecule has 0 spiro atoms. The molecular weight excluding hydrogens is 338 g/mol. The standard InChI is InChI=1S/C14H27N3O4Si.ClH/c1-10(2)8-11(15)12(18)13-16-17(14(19)21-13)9-20-6-7-22(3,4)5;/h10-11H,6-9,15H2,1-5H3;1H/t11-;/m0./s1. The van der Waals surface area contributed by atoms with Crippen molar-refractivity contribution in [1.82, 2.24) is 9.78 Å². The van der Waals surface area contributed by atoms with Crippen LogP contribution in [-0.2, 0) is 11.5 Å². The number of aromatic nitrogens is 2. The number of halogens is 1. The summed E-state index contributed by atoms with van der Waals surface area (Å²) >= 11 is 0. The average molecular weight is 366 g/mol. The molecule has 23 heavy (non-hydrogen) atoms. The molecule has 1 rings (SSSR count). The highest BCUT2D eigenvalue weighted by Crippen LogP contribution is 2.08. The van der Waals surface area contributed by atoms with Crippen molar-refractivity contribution in [3.8, 4) is 0 Å². The fourth-order valence-corrected chi connectivity index (χ4v) is 2.55. The van der Waals surface area contributed by atoms with Crippen molar-refractivity contribution in [3.05, 3.63) is 16.4 Å². The first-order valence-corrected chi connectivity index (χ1v) is 11.3. The maximum absolute atomic E-state index is 12.0. The number of hydrogen-bond donors (Lipinski definition) is 1. The van der Waals surface area contributed by atoms with E-state index < -0.39 is 25.7 Å². The second-order valence-electron chi connectivity index (χ2n) is 7.12. The number of nitrogens with zero attached hydrogens (tertiary/aromatic N) is 2. The topological polar surface area (TPSA) is 100 Å². The van der Waals surface area contributed by atoms with E-state index in [0.29, 0.717) is 13.0 Å². The van der Waals surface area contributed by atoms with Gasteiger partial charge in [-0.1, -0.05) is 33.5 Å². The van der Waals surface area contributed by atoms with Crippen LogP contribution in [-0.4, -0.2) is 36.3 Å². The third kappa shape index (κ3) is 7.91. The molecule has 0 aromatic carbocycles. The largest absolute Gasteiger partial charge is 0.439 e. The highest BCUT2D eigenvalue weighted by atomic mass is 35.5. The smallest absolute Gasteiger partial charge is 0.384 e. The van der Waals surface area contributed by atoms with Crippen molar-refractivity contribution in [2.75, 3.05) is 6.61 Å². The predicted molar refractivity (Wildman–Crippen MR) is 93.9 cm³/mol. The Morgan fingerprint density at radius 1 is 1.39 bits per heavy atom. The summed E-state index contributed by atoms with van der Waals surface area (Å²) in [5, 5.41) is 3.87. The van der Waals surface area contributed by atoms with Crippen molar-refractivity contribution in [1.29, 1.82) is 0 Å². The van der Waals surface area contributed by atoms with Crippen LogP contribution in [0.15, 0.2) is 9.21 Å². The van der Waals surface area contributed by atoms with Gasteiger partial charge < -0.3 is 14.9 Å². The number of nitrogens with two attached hydrogens (primary N) is 1. The number of Topliss-reactive ketones (excluding diaryl/α,β-unsaturated/α-hetero) is 1. The molecule has 2 N–H and O–H groups in total. The van der Waals surface area contributed by atoms with Gasteiger partial charge in [0, 0.05) is 14.7 Å². The third-order valence-corrected chi connectivity index (χ3v) is 4.79. The minimum atomic E-state index is -1.18. The van der Waals surface area contributed by atoms with E-state index in [1.54, 1.807) is 0 Å². The number of ketones is 1. The number of rotatable bonds is 9. The normalized spacial score (nSPS) is 13.0. The lowest BCUT2D eigenvalue weighted by atomic mass is 10.0. The summed E-state index contributed by atoms with van der Waals surface area (Å²) in [5.41, 5.74) is 5.79. The minimum absolute atomic E-state index is 0. The maximum atomic E-state index is 12.0. The summed E-state index contributed by atoms with van der Waals surface area (Å²) in [6.45, 7) is 11.2. The molecule has 0 fully saturated rings. The van der Waals surface area contributed by atoms with E-state index in [0.717, 1.165) is 10.7 Å². The van der Waals surface area contributed by atoms with Crippen molar-refractivity contribution in [2.45, 2.75) is 58.7 Å². The van der Waals surface area contributed by atoms with Crippen LogP contribution in [0.2, 0.25) is 25.7 Å². The highest BCUT2D eigenvalue weighted by molar-refractivity contribution is 6.76. The summed E-state index contributed by atoms with van der Waals surface area (Å²) < 4.78 is 11.3. The summed E-state index contributed by atoms with van der Waals surface area (Å²) in [7, 11) is -1.18. The van der Waals surface area contributed by atoms with Gasteiger partial charge in [0.1, 0.15) is 6.73 Å². The van der Waals surface area contributed by atoms with Gasteiger partial charge in [-0.25, -0.2) is 4.79 Å². The lowest BCUT2D eigenvalue weighted by Gasteiger charge is -2.14. The van der Waals surface area contributed by atoms with E-state index in [2.05, 4.69) is 24.7 Å². The average Bonchev–Trinajstić information content (AvgIpc) is 2.73. The molecule has 0 aliphatic rings. The van der Waals surface area contributed by atoms with Crippen LogP contribution in [0.3, 0.4) is 0 Å². The molecule has 9 heteroatoms. The van der Waals surface area contributed by atoms with Crippen molar-refractivity contribution < 1.29 is 13.9 Å². The summed E-state index contributed by atoms with van der Waals surface area (Å²) in [6, 6.07) is 0.282. The lowest BCUT2D eigenvalue weighted by molar-refractivity contribution is 0.0739. The van der Waals surface area contributed by atoms with E-state index in [-0.39, 0.29) is 30.9 Å². The van der Waals surface area contributed by atoms with E-state index in [1.165, 1.54) is 0 Å². The molecule has 1 atom stereocenters. The van der Waals surface area contributed by atoms with Crippen molar-refractivity contribution in [2.24, 2.45) is 11.7 Å². The van der Waals surface area contributed by atoms with Crippen LogP contribution in [0, 0.1) is 5.92 Å². The molecule has 134 valence electrons. The first kappa shape index (κ1) is 22.0. The van der Waals surface area contributed by atoms with Crippen molar-refractivity contribution in [3.63, 3.8) is 0 Å². The Balaban J connectivity index is 0.00000484. The SMILES string of the molecule is CC(C)C[C@H](N)C(=O)c1nn(COCC[Si](C)(C)C)c(=O)o1.Cl. The van der Waals surface area contributed by atoms with Crippen LogP contribution in [0.5, 0.6) is 0 Å². The highest BCUT2D eigenvalue weighted by Gasteiger charge is 2.23. The van der Waals surface area contributed by atoms with E-state index in [4.69, 9.17) is 14.9 Å². The Kier molecular flexibility index (Phi) is 8.97. The van der Waals surface area contributed by atoms with E-state index in [1.807, 2.05) is 13.8 Å². The predicted octanol–water partition coefficient (Wildman–Crippen LogP) is 2.13. The molecule has 0 aliphatic carbocycles. The molecule has 7 nitrogen and oxygen atoms in total. The van der Waals surface area contributed by atoms with Gasteiger partial charge >= 0.3 is 5.76 Å². The third-order valence-electron chi connectivity index (χ3n) is 3.09. The molecule has 0 aliphatic heterocycles. The molecule has 1 aromatic heterocycles. The first-order chi connectivity index (χ1) is 10.1. The second kappa shape index (κ2) is 9.36. The van der Waals surface area contributed by atoms with Crippen LogP contribution in [0.1, 0.15) is 31.0 Å². The van der Waals surface area contributed by atoms with Gasteiger partial charge in [0.25, 0.3) is 5.89 Å². The molecular formula is C14H28ClN3O4Si. The molecule has 1 aromatic rings. The van der Waals surface area contributed by atoms with E-state index >= 15 is 0 Å². The maximum Gasteiger partial charge on any atom is 0.439 e. The zero-order chi connectivity index (χ0) is 16.9. The molecule has 0 saturated carbocycles. The Morgan fingerprint density at radius 3 is 2.52 bits per heavy atom. The van der Waals surface area contributed by atoms with Gasteiger partial charge in [-0.2, -0.15) is 4.68 Å². The van der Waals surface area contributed by atoms with Gasteiger partial charge in [0.05, 0.1) is 6.04 Å². The fraction of sp³-hybridized carbons (Fsp3) is 0.786. The number of carbonyl (C=O) groups excluding carboxylic acids is 1. The zero-order valence-corrected chi connectivity index (χ0v) is 16.3. The Bertz CT molecular complexity index is 551. The van der Waals surface area contributed by atoms with Crippen LogP contribution in [0.25, 0.3) is 0 Å². The summed E-state index contributed by atoms with van der Waals surface area (Å²) in [5.74, 6) is -1.12. The number of ether oxygens (including phenoxy) is 1. The first-order valence-electron chi connectivity index (χ1n) is 7.55. The molecule has 0 bridgehead atoms. The molecule has 0 unspecified atom stereocenters. The second-order valence-corrected chi connectivity index (χ2v) is 12.7. The molecule has 1 heterocycles. The van der Waals surface area contributed by atoms with Crippen molar-refractivity contribution >= 4 is 26.3 Å². The zero-order valence-electron chi connectivity index (χ0n) is 14.5. The minimum Gasteiger partial charge on any atom is -0.384 e. The van der Waals surface area contributed by atoms with Crippen LogP contribution >= 0.6 is 12.4 Å². The van der Waals surface area contributed by atoms with Gasteiger partial charge in [-0.05, 0) is 18.4 Å². The lowest BCUT2D eigenvalue weighted by Crippen LogP contribution is -2.32. The summed E-state index contributed by atoms with van der Waals surface area (Å²) in [6.07, 6.45) is 0.516. The molecule has 0 saturated heterocycles. The Morgan fingerprint density at radius 2 is 2.00 bits per heavy atom.